The van der Waals surface area contributed by atoms with Gasteiger partial charge in [0.15, 0.2) is 0 Å². The molecule has 0 saturated carbocycles. The van der Waals surface area contributed by atoms with Crippen LogP contribution in [-0.4, -0.2) is 23.9 Å². The third-order valence-electron chi connectivity index (χ3n) is 2.97. The number of unbranched alkanes of at least 4 members (excludes halogenated alkanes) is 5. The van der Waals surface area contributed by atoms with Crippen LogP contribution in [0.25, 0.3) is 0 Å². The Morgan fingerprint density at radius 2 is 1.31 bits per heavy atom. The quantitative estimate of drug-likeness (QED) is 0.517. The van der Waals surface area contributed by atoms with Crippen molar-refractivity contribution in [2.45, 2.75) is 72.1 Å². The molecule has 0 aliphatic carbocycles. The van der Waals surface area contributed by atoms with E-state index in [9.17, 15) is 4.79 Å². The molecule has 0 atom stereocenters. The molecule has 0 aliphatic rings. The molecular weight excluding hydrogens is 198 g/mol. The van der Waals surface area contributed by atoms with E-state index in [0.717, 1.165) is 19.5 Å². The van der Waals surface area contributed by atoms with E-state index in [2.05, 4.69) is 18.7 Å². The van der Waals surface area contributed by atoms with Crippen molar-refractivity contribution < 1.29 is 4.79 Å². The Morgan fingerprint density at radius 1 is 0.812 bits per heavy atom. The lowest BCUT2D eigenvalue weighted by atomic mass is 10.2. The van der Waals surface area contributed by atoms with Crippen molar-refractivity contribution in [3.63, 3.8) is 0 Å². The van der Waals surface area contributed by atoms with Gasteiger partial charge in [-0.15, -0.1) is 0 Å². The summed E-state index contributed by atoms with van der Waals surface area (Å²) in [5.74, 6) is 0.326. The van der Waals surface area contributed by atoms with Gasteiger partial charge in [0.1, 0.15) is 0 Å². The maximum atomic E-state index is 11.7. The van der Waals surface area contributed by atoms with Crippen LogP contribution in [0.5, 0.6) is 0 Å². The first-order valence-electron chi connectivity index (χ1n) is 7.04. The molecule has 2 heteroatoms. The molecule has 1 amide bonds. The monoisotopic (exact) mass is 227 g/mol. The third kappa shape index (κ3) is 7.72. The molecule has 0 aliphatic heterocycles. The predicted molar refractivity (Wildman–Crippen MR) is 70.5 cm³/mol. The topological polar surface area (TPSA) is 20.3 Å². The van der Waals surface area contributed by atoms with Gasteiger partial charge in [0.25, 0.3) is 0 Å². The fourth-order valence-electron chi connectivity index (χ4n) is 1.87. The van der Waals surface area contributed by atoms with E-state index in [1.165, 1.54) is 38.5 Å². The molecular formula is C14H29NO. The number of hydrogen-bond donors (Lipinski definition) is 0. The van der Waals surface area contributed by atoms with Gasteiger partial charge in [-0.05, 0) is 12.8 Å². The lowest BCUT2D eigenvalue weighted by Gasteiger charge is -2.22. The number of hydrogen-bond acceptors (Lipinski definition) is 1. The minimum atomic E-state index is 0.326. The molecule has 0 saturated heterocycles. The first kappa shape index (κ1) is 15.5. The van der Waals surface area contributed by atoms with Crippen LogP contribution in [0, 0.1) is 0 Å². The van der Waals surface area contributed by atoms with Crippen LogP contribution in [0.1, 0.15) is 72.1 Å². The standard InChI is InChI=1S/C14H29NO/c1-4-7-9-11-13-15(14(16)6-3)12-10-8-5-2/h4-13H2,1-3H3. The smallest absolute Gasteiger partial charge is 0.222 e. The summed E-state index contributed by atoms with van der Waals surface area (Å²) in [4.78, 5) is 13.8. The van der Waals surface area contributed by atoms with E-state index in [1.54, 1.807) is 0 Å². The summed E-state index contributed by atoms with van der Waals surface area (Å²) >= 11 is 0. The first-order valence-corrected chi connectivity index (χ1v) is 7.04. The average molecular weight is 227 g/mol. The second kappa shape index (κ2) is 11.0. The van der Waals surface area contributed by atoms with Gasteiger partial charge in [0, 0.05) is 19.5 Å². The first-order chi connectivity index (χ1) is 7.76. The van der Waals surface area contributed by atoms with Crippen molar-refractivity contribution in [2.24, 2.45) is 0 Å². The van der Waals surface area contributed by atoms with E-state index < -0.39 is 0 Å². The molecule has 96 valence electrons. The summed E-state index contributed by atoms with van der Waals surface area (Å²) in [6.45, 7) is 8.31. The third-order valence-corrected chi connectivity index (χ3v) is 2.97. The molecule has 0 spiro atoms. The fraction of sp³-hybridized carbons (Fsp3) is 0.929. The highest BCUT2D eigenvalue weighted by atomic mass is 16.2. The number of carbonyl (C=O) groups is 1. The Labute approximate surface area is 101 Å². The van der Waals surface area contributed by atoms with Crippen LogP contribution in [0.15, 0.2) is 0 Å². The zero-order chi connectivity index (χ0) is 12.2. The second-order valence-electron chi connectivity index (χ2n) is 4.50. The summed E-state index contributed by atoms with van der Waals surface area (Å²) in [6, 6.07) is 0. The number of amides is 1. The Bertz CT molecular complexity index is 168. The van der Waals surface area contributed by atoms with Gasteiger partial charge in [-0.3, -0.25) is 4.79 Å². The minimum Gasteiger partial charge on any atom is -0.343 e. The molecule has 0 rings (SSSR count). The Hall–Kier alpha value is -0.530. The molecule has 0 aromatic carbocycles. The van der Waals surface area contributed by atoms with Gasteiger partial charge in [-0.1, -0.05) is 52.9 Å². The highest BCUT2D eigenvalue weighted by molar-refractivity contribution is 5.75. The van der Waals surface area contributed by atoms with Gasteiger partial charge in [0.05, 0.1) is 0 Å². The Morgan fingerprint density at radius 3 is 1.81 bits per heavy atom. The van der Waals surface area contributed by atoms with Crippen LogP contribution in [0.3, 0.4) is 0 Å². The summed E-state index contributed by atoms with van der Waals surface area (Å²) < 4.78 is 0. The van der Waals surface area contributed by atoms with Crippen molar-refractivity contribution in [2.75, 3.05) is 13.1 Å². The van der Waals surface area contributed by atoms with Gasteiger partial charge in [-0.2, -0.15) is 0 Å². The molecule has 0 aromatic heterocycles. The fourth-order valence-corrected chi connectivity index (χ4v) is 1.87. The predicted octanol–water partition coefficient (Wildman–Crippen LogP) is 4.00. The van der Waals surface area contributed by atoms with Crippen LogP contribution in [-0.2, 0) is 4.79 Å². The Balaban J connectivity index is 3.77. The van der Waals surface area contributed by atoms with E-state index >= 15 is 0 Å². The maximum absolute atomic E-state index is 11.7. The van der Waals surface area contributed by atoms with Crippen LogP contribution < -0.4 is 0 Å². The summed E-state index contributed by atoms with van der Waals surface area (Å²) in [7, 11) is 0. The number of carbonyl (C=O) groups excluding carboxylic acids is 1. The van der Waals surface area contributed by atoms with E-state index in [-0.39, 0.29) is 0 Å². The zero-order valence-corrected chi connectivity index (χ0v) is 11.4. The zero-order valence-electron chi connectivity index (χ0n) is 11.4. The van der Waals surface area contributed by atoms with Crippen molar-refractivity contribution in [3.8, 4) is 0 Å². The molecule has 0 radical (unpaired) electrons. The maximum Gasteiger partial charge on any atom is 0.222 e. The largest absolute Gasteiger partial charge is 0.343 e. The van der Waals surface area contributed by atoms with Gasteiger partial charge in [0.2, 0.25) is 5.91 Å². The summed E-state index contributed by atoms with van der Waals surface area (Å²) in [5, 5.41) is 0. The lowest BCUT2D eigenvalue weighted by Crippen LogP contribution is -2.32. The van der Waals surface area contributed by atoms with Crippen LogP contribution in [0.4, 0.5) is 0 Å². The van der Waals surface area contributed by atoms with Crippen molar-refractivity contribution in [3.05, 3.63) is 0 Å². The molecule has 2 nitrogen and oxygen atoms in total. The van der Waals surface area contributed by atoms with Crippen molar-refractivity contribution in [1.82, 2.24) is 4.90 Å². The van der Waals surface area contributed by atoms with E-state index in [4.69, 9.17) is 0 Å². The van der Waals surface area contributed by atoms with Crippen molar-refractivity contribution >= 4 is 5.91 Å². The number of nitrogens with zero attached hydrogens (tertiary/aromatic N) is 1. The van der Waals surface area contributed by atoms with Crippen LogP contribution in [0.2, 0.25) is 0 Å². The summed E-state index contributed by atoms with van der Waals surface area (Å²) in [5.41, 5.74) is 0. The van der Waals surface area contributed by atoms with E-state index in [1.807, 2.05) is 6.92 Å². The van der Waals surface area contributed by atoms with Gasteiger partial charge >= 0.3 is 0 Å². The van der Waals surface area contributed by atoms with E-state index in [0.29, 0.717) is 12.3 Å². The van der Waals surface area contributed by atoms with Gasteiger partial charge in [-0.25, -0.2) is 0 Å². The molecule has 0 bridgehead atoms. The number of rotatable bonds is 10. The lowest BCUT2D eigenvalue weighted by molar-refractivity contribution is -0.131. The average Bonchev–Trinajstić information content (AvgIpc) is 2.31. The minimum absolute atomic E-state index is 0.326. The molecule has 16 heavy (non-hydrogen) atoms. The second-order valence-corrected chi connectivity index (χ2v) is 4.50. The van der Waals surface area contributed by atoms with Crippen molar-refractivity contribution in [1.29, 1.82) is 0 Å². The molecule has 0 heterocycles. The normalized spacial score (nSPS) is 10.4. The Kier molecular flexibility index (Phi) is 10.6. The van der Waals surface area contributed by atoms with Gasteiger partial charge < -0.3 is 4.90 Å². The molecule has 0 N–H and O–H groups in total. The highest BCUT2D eigenvalue weighted by Crippen LogP contribution is 2.05. The SMILES string of the molecule is CCCCCCN(CCCCC)C(=O)CC. The highest BCUT2D eigenvalue weighted by Gasteiger charge is 2.09. The molecule has 0 unspecified atom stereocenters. The molecule has 0 fully saturated rings. The van der Waals surface area contributed by atoms with Crippen LogP contribution >= 0.6 is 0 Å². The molecule has 0 aromatic rings. The summed E-state index contributed by atoms with van der Waals surface area (Å²) in [6.07, 6.45) is 9.27.